The standard InChI is InChI=1S/C15H18/c1-4-12-7-6-8-14-10-11(3)9-13(5-2)15(12)14/h4-8,11H,1,9-10H2,2-3H3/b13-5-. The Balaban J connectivity index is 2.61. The van der Waals surface area contributed by atoms with Crippen molar-refractivity contribution in [3.8, 4) is 0 Å². The highest BCUT2D eigenvalue weighted by Crippen LogP contribution is 2.36. The molecule has 0 nitrogen and oxygen atoms in total. The first-order valence-electron chi connectivity index (χ1n) is 5.66. The molecule has 1 aromatic carbocycles. The number of allylic oxidation sites excluding steroid dienone is 2. The third-order valence-electron chi connectivity index (χ3n) is 3.21. The quantitative estimate of drug-likeness (QED) is 0.630. The highest BCUT2D eigenvalue weighted by Gasteiger charge is 2.20. The molecule has 0 saturated carbocycles. The summed E-state index contributed by atoms with van der Waals surface area (Å²) in [7, 11) is 0. The van der Waals surface area contributed by atoms with Crippen LogP contribution in [0.2, 0.25) is 0 Å². The van der Waals surface area contributed by atoms with E-state index < -0.39 is 0 Å². The zero-order valence-corrected chi connectivity index (χ0v) is 9.59. The van der Waals surface area contributed by atoms with E-state index in [0.717, 1.165) is 5.92 Å². The Morgan fingerprint density at radius 1 is 1.33 bits per heavy atom. The fourth-order valence-corrected chi connectivity index (χ4v) is 2.54. The van der Waals surface area contributed by atoms with Gasteiger partial charge in [-0.15, -0.1) is 0 Å². The molecule has 0 saturated heterocycles. The van der Waals surface area contributed by atoms with Crippen LogP contribution >= 0.6 is 0 Å². The van der Waals surface area contributed by atoms with Gasteiger partial charge in [-0.25, -0.2) is 0 Å². The molecule has 0 fully saturated rings. The van der Waals surface area contributed by atoms with Gasteiger partial charge in [0.15, 0.2) is 0 Å². The van der Waals surface area contributed by atoms with Gasteiger partial charge in [0, 0.05) is 0 Å². The summed E-state index contributed by atoms with van der Waals surface area (Å²) in [6, 6.07) is 6.55. The van der Waals surface area contributed by atoms with Crippen molar-refractivity contribution in [1.29, 1.82) is 0 Å². The van der Waals surface area contributed by atoms with Crippen molar-refractivity contribution in [3.05, 3.63) is 47.5 Å². The van der Waals surface area contributed by atoms with Crippen molar-refractivity contribution in [3.63, 3.8) is 0 Å². The lowest BCUT2D eigenvalue weighted by molar-refractivity contribution is 0.581. The summed E-state index contributed by atoms with van der Waals surface area (Å²) in [4.78, 5) is 0. The second-order valence-corrected chi connectivity index (χ2v) is 4.41. The van der Waals surface area contributed by atoms with E-state index in [-0.39, 0.29) is 0 Å². The number of hydrogen-bond acceptors (Lipinski definition) is 0. The topological polar surface area (TPSA) is 0 Å². The molecule has 1 aromatic rings. The van der Waals surface area contributed by atoms with E-state index in [1.165, 1.54) is 35.1 Å². The average molecular weight is 198 g/mol. The van der Waals surface area contributed by atoms with Crippen LogP contribution in [0.3, 0.4) is 0 Å². The van der Waals surface area contributed by atoms with Crippen molar-refractivity contribution in [2.45, 2.75) is 26.7 Å². The van der Waals surface area contributed by atoms with Gasteiger partial charge in [0.05, 0.1) is 0 Å². The van der Waals surface area contributed by atoms with Crippen LogP contribution in [-0.4, -0.2) is 0 Å². The minimum absolute atomic E-state index is 0.767. The molecular weight excluding hydrogens is 180 g/mol. The molecule has 2 rings (SSSR count). The van der Waals surface area contributed by atoms with E-state index in [1.807, 2.05) is 6.08 Å². The molecule has 0 N–H and O–H groups in total. The van der Waals surface area contributed by atoms with E-state index >= 15 is 0 Å². The van der Waals surface area contributed by atoms with Crippen LogP contribution in [0, 0.1) is 5.92 Å². The van der Waals surface area contributed by atoms with E-state index in [2.05, 4.69) is 44.7 Å². The van der Waals surface area contributed by atoms with Gasteiger partial charge >= 0.3 is 0 Å². The van der Waals surface area contributed by atoms with Gasteiger partial charge in [-0.05, 0) is 47.9 Å². The minimum Gasteiger partial charge on any atom is -0.0984 e. The molecule has 78 valence electrons. The molecule has 0 heteroatoms. The molecule has 0 heterocycles. The molecule has 0 aromatic heterocycles. The van der Waals surface area contributed by atoms with Gasteiger partial charge in [-0.1, -0.05) is 43.9 Å². The molecule has 0 bridgehead atoms. The van der Waals surface area contributed by atoms with Gasteiger partial charge in [0.1, 0.15) is 0 Å². The molecule has 1 aliphatic rings. The second kappa shape index (κ2) is 4.06. The maximum atomic E-state index is 3.90. The normalized spacial score (nSPS) is 22.5. The highest BCUT2D eigenvalue weighted by molar-refractivity contribution is 5.77. The van der Waals surface area contributed by atoms with E-state index in [9.17, 15) is 0 Å². The van der Waals surface area contributed by atoms with Crippen LogP contribution in [0.25, 0.3) is 11.6 Å². The van der Waals surface area contributed by atoms with Crippen LogP contribution in [0.1, 0.15) is 37.0 Å². The third-order valence-corrected chi connectivity index (χ3v) is 3.21. The Kier molecular flexibility index (Phi) is 2.77. The van der Waals surface area contributed by atoms with Gasteiger partial charge in [0.25, 0.3) is 0 Å². The molecule has 1 aliphatic carbocycles. The predicted molar refractivity (Wildman–Crippen MR) is 67.7 cm³/mol. The Morgan fingerprint density at radius 3 is 2.80 bits per heavy atom. The summed E-state index contributed by atoms with van der Waals surface area (Å²) in [5, 5.41) is 0. The number of fused-ring (bicyclic) bond motifs is 1. The van der Waals surface area contributed by atoms with Crippen LogP contribution < -0.4 is 0 Å². The fraction of sp³-hybridized carbons (Fsp3) is 0.333. The van der Waals surface area contributed by atoms with Crippen molar-refractivity contribution in [1.82, 2.24) is 0 Å². The molecule has 0 spiro atoms. The summed E-state index contributed by atoms with van der Waals surface area (Å²) in [6.45, 7) is 8.36. The largest absolute Gasteiger partial charge is 0.0984 e. The highest BCUT2D eigenvalue weighted by atomic mass is 14.2. The van der Waals surface area contributed by atoms with Gasteiger partial charge in [-0.2, -0.15) is 0 Å². The summed E-state index contributed by atoms with van der Waals surface area (Å²) in [5.74, 6) is 0.767. The Labute approximate surface area is 92.3 Å². The van der Waals surface area contributed by atoms with Gasteiger partial charge in [-0.3, -0.25) is 0 Å². The van der Waals surface area contributed by atoms with Gasteiger partial charge < -0.3 is 0 Å². The summed E-state index contributed by atoms with van der Waals surface area (Å²) >= 11 is 0. The first-order valence-corrected chi connectivity index (χ1v) is 5.66. The average Bonchev–Trinajstić information content (AvgIpc) is 2.26. The van der Waals surface area contributed by atoms with Crippen molar-refractivity contribution in [2.75, 3.05) is 0 Å². The molecule has 0 aliphatic heterocycles. The molecule has 1 unspecified atom stereocenters. The molecule has 0 radical (unpaired) electrons. The molecule has 15 heavy (non-hydrogen) atoms. The number of hydrogen-bond donors (Lipinski definition) is 0. The molecule has 1 atom stereocenters. The van der Waals surface area contributed by atoms with Crippen LogP contribution in [-0.2, 0) is 6.42 Å². The fourth-order valence-electron chi connectivity index (χ4n) is 2.54. The number of benzene rings is 1. The van der Waals surface area contributed by atoms with Crippen LogP contribution in [0.4, 0.5) is 0 Å². The number of rotatable bonds is 1. The van der Waals surface area contributed by atoms with E-state index in [4.69, 9.17) is 0 Å². The smallest absolute Gasteiger partial charge is 0.0123 e. The molecular formula is C15H18. The zero-order chi connectivity index (χ0) is 10.8. The lowest BCUT2D eigenvalue weighted by Crippen LogP contribution is -2.11. The predicted octanol–water partition coefficient (Wildman–Crippen LogP) is 4.32. The maximum absolute atomic E-state index is 3.90. The Bertz CT molecular complexity index is 410. The maximum Gasteiger partial charge on any atom is -0.0123 e. The summed E-state index contributed by atoms with van der Waals surface area (Å²) < 4.78 is 0. The summed E-state index contributed by atoms with van der Waals surface area (Å²) in [6.07, 6.45) is 6.63. The van der Waals surface area contributed by atoms with Crippen molar-refractivity contribution in [2.24, 2.45) is 5.92 Å². The SMILES string of the molecule is C=Cc1cccc2c1/C(=C\C)CC(C)C2. The molecule has 0 amide bonds. The first-order chi connectivity index (χ1) is 7.26. The Morgan fingerprint density at radius 2 is 2.13 bits per heavy atom. The lowest BCUT2D eigenvalue weighted by atomic mass is 9.79. The monoisotopic (exact) mass is 198 g/mol. The van der Waals surface area contributed by atoms with Gasteiger partial charge in [0.2, 0.25) is 0 Å². The second-order valence-electron chi connectivity index (χ2n) is 4.41. The van der Waals surface area contributed by atoms with Crippen molar-refractivity contribution >= 4 is 11.6 Å². The van der Waals surface area contributed by atoms with E-state index in [0.29, 0.717) is 0 Å². The Hall–Kier alpha value is -1.30. The van der Waals surface area contributed by atoms with E-state index in [1.54, 1.807) is 0 Å². The first kappa shape index (κ1) is 10.2. The minimum atomic E-state index is 0.767. The zero-order valence-electron chi connectivity index (χ0n) is 9.59. The summed E-state index contributed by atoms with van der Waals surface area (Å²) in [5.41, 5.74) is 5.69. The lowest BCUT2D eigenvalue weighted by Gasteiger charge is -2.25. The van der Waals surface area contributed by atoms with Crippen molar-refractivity contribution < 1.29 is 0 Å². The van der Waals surface area contributed by atoms with Crippen LogP contribution in [0.15, 0.2) is 30.9 Å². The van der Waals surface area contributed by atoms with Crippen LogP contribution in [0.5, 0.6) is 0 Å². The third kappa shape index (κ3) is 1.77.